The van der Waals surface area contributed by atoms with Gasteiger partial charge in [-0.3, -0.25) is 19.5 Å². The lowest BCUT2D eigenvalue weighted by atomic mass is 10.1. The Kier molecular flexibility index (Phi) is 5.79. The van der Waals surface area contributed by atoms with Crippen molar-refractivity contribution < 1.29 is 9.72 Å². The number of anilines is 1. The molecule has 1 N–H and O–H groups in total. The molecule has 3 aromatic rings. The molecule has 0 atom stereocenters. The molecule has 0 aliphatic carbocycles. The molecule has 3 rings (SSSR count). The zero-order valence-electron chi connectivity index (χ0n) is 15.8. The largest absolute Gasteiger partial charge is 0.325 e. The second kappa shape index (κ2) is 8.26. The Morgan fingerprint density at radius 3 is 2.71 bits per heavy atom. The van der Waals surface area contributed by atoms with Gasteiger partial charge in [-0.15, -0.1) is 0 Å². The van der Waals surface area contributed by atoms with Gasteiger partial charge in [0, 0.05) is 30.2 Å². The first-order valence-electron chi connectivity index (χ1n) is 8.64. The average Bonchev–Trinajstić information content (AvgIpc) is 3.12. The molecular formula is C20H20N4O3S. The highest BCUT2D eigenvalue weighted by molar-refractivity contribution is 7.99. The number of nitro benzene ring substituents is 1. The van der Waals surface area contributed by atoms with E-state index in [1.165, 1.54) is 29.5 Å². The summed E-state index contributed by atoms with van der Waals surface area (Å²) in [6.45, 7) is 5.84. The monoisotopic (exact) mass is 396 g/mol. The van der Waals surface area contributed by atoms with Crippen LogP contribution in [0, 0.1) is 30.9 Å². The van der Waals surface area contributed by atoms with Gasteiger partial charge in [-0.05, 0) is 49.6 Å². The van der Waals surface area contributed by atoms with E-state index in [-0.39, 0.29) is 17.3 Å². The van der Waals surface area contributed by atoms with Gasteiger partial charge in [0.1, 0.15) is 0 Å². The van der Waals surface area contributed by atoms with E-state index in [9.17, 15) is 14.9 Å². The van der Waals surface area contributed by atoms with Crippen molar-refractivity contribution in [3.05, 3.63) is 75.6 Å². The molecule has 0 aliphatic heterocycles. The Morgan fingerprint density at radius 2 is 2.00 bits per heavy atom. The van der Waals surface area contributed by atoms with Crippen LogP contribution in [0.25, 0.3) is 5.69 Å². The molecular weight excluding hydrogens is 376 g/mol. The normalized spacial score (nSPS) is 10.7. The van der Waals surface area contributed by atoms with Crippen LogP contribution in [-0.4, -0.2) is 26.1 Å². The molecule has 0 aliphatic rings. The number of rotatable bonds is 6. The second-order valence-electron chi connectivity index (χ2n) is 6.39. The molecule has 8 heteroatoms. The molecule has 0 spiro atoms. The predicted octanol–water partition coefficient (Wildman–Crippen LogP) is 4.44. The zero-order chi connectivity index (χ0) is 20.3. The Bertz CT molecular complexity index is 1050. The van der Waals surface area contributed by atoms with E-state index in [1.807, 2.05) is 22.9 Å². The van der Waals surface area contributed by atoms with E-state index in [0.717, 1.165) is 16.4 Å². The number of non-ortho nitro benzene ring substituents is 1. The number of carbonyl (C=O) groups is 1. The summed E-state index contributed by atoms with van der Waals surface area (Å²) >= 11 is 1.34. The third-order valence-electron chi connectivity index (χ3n) is 4.47. The fourth-order valence-corrected chi connectivity index (χ4v) is 3.56. The summed E-state index contributed by atoms with van der Waals surface area (Å²) in [6.07, 6.45) is 3.59. The van der Waals surface area contributed by atoms with Crippen molar-refractivity contribution in [3.8, 4) is 5.69 Å². The van der Waals surface area contributed by atoms with Crippen molar-refractivity contribution in [2.45, 2.75) is 25.9 Å². The maximum atomic E-state index is 12.3. The summed E-state index contributed by atoms with van der Waals surface area (Å²) in [5.74, 6) is -0.0179. The number of amides is 1. The van der Waals surface area contributed by atoms with Gasteiger partial charge in [0.15, 0.2) is 5.16 Å². The number of nitrogens with one attached hydrogen (secondary N) is 1. The minimum absolute atomic E-state index is 0.000394. The highest BCUT2D eigenvalue weighted by Crippen LogP contribution is 2.25. The maximum absolute atomic E-state index is 12.3. The van der Waals surface area contributed by atoms with Crippen molar-refractivity contribution >= 4 is 29.0 Å². The van der Waals surface area contributed by atoms with Crippen molar-refractivity contribution in [2.24, 2.45) is 0 Å². The summed E-state index contributed by atoms with van der Waals surface area (Å²) < 4.78 is 1.97. The molecule has 0 unspecified atom stereocenters. The number of nitrogens with zero attached hydrogens (tertiary/aromatic N) is 3. The lowest BCUT2D eigenvalue weighted by molar-refractivity contribution is -0.384. The lowest BCUT2D eigenvalue weighted by Crippen LogP contribution is -2.15. The minimum Gasteiger partial charge on any atom is -0.325 e. The van der Waals surface area contributed by atoms with Gasteiger partial charge in [-0.2, -0.15) is 0 Å². The number of benzene rings is 2. The smallest absolute Gasteiger partial charge is 0.269 e. The van der Waals surface area contributed by atoms with Crippen LogP contribution in [0.15, 0.2) is 53.9 Å². The summed E-state index contributed by atoms with van der Waals surface area (Å²) in [6, 6.07) is 10.4. The second-order valence-corrected chi connectivity index (χ2v) is 7.33. The predicted molar refractivity (Wildman–Crippen MR) is 110 cm³/mol. The van der Waals surface area contributed by atoms with E-state index >= 15 is 0 Å². The van der Waals surface area contributed by atoms with Crippen LogP contribution in [0.5, 0.6) is 0 Å². The Balaban J connectivity index is 1.69. The molecule has 28 heavy (non-hydrogen) atoms. The van der Waals surface area contributed by atoms with Crippen LogP contribution >= 0.6 is 11.8 Å². The molecule has 1 amide bonds. The summed E-state index contributed by atoms with van der Waals surface area (Å²) in [5.41, 5.74) is 4.59. The van der Waals surface area contributed by atoms with Crippen molar-refractivity contribution in [2.75, 3.05) is 11.1 Å². The van der Waals surface area contributed by atoms with E-state index in [4.69, 9.17) is 0 Å². The Labute approximate surface area is 166 Å². The van der Waals surface area contributed by atoms with Crippen molar-refractivity contribution in [3.63, 3.8) is 0 Å². The minimum atomic E-state index is -0.457. The number of hydrogen-bond acceptors (Lipinski definition) is 5. The highest BCUT2D eigenvalue weighted by atomic mass is 32.2. The van der Waals surface area contributed by atoms with Crippen molar-refractivity contribution in [1.29, 1.82) is 0 Å². The maximum Gasteiger partial charge on any atom is 0.269 e. The van der Waals surface area contributed by atoms with Crippen molar-refractivity contribution in [1.82, 2.24) is 9.55 Å². The highest BCUT2D eigenvalue weighted by Gasteiger charge is 2.13. The first kappa shape index (κ1) is 19.6. The number of imidazole rings is 1. The zero-order valence-corrected chi connectivity index (χ0v) is 16.6. The van der Waals surface area contributed by atoms with Gasteiger partial charge in [0.25, 0.3) is 5.69 Å². The fraction of sp³-hybridized carbons (Fsp3) is 0.200. The first-order chi connectivity index (χ1) is 13.4. The number of carbonyl (C=O) groups excluding carboxylic acids is 1. The van der Waals surface area contributed by atoms with Gasteiger partial charge in [-0.25, -0.2) is 4.98 Å². The van der Waals surface area contributed by atoms with Gasteiger partial charge < -0.3 is 5.32 Å². The molecule has 0 saturated heterocycles. The lowest BCUT2D eigenvalue weighted by Gasteiger charge is -2.12. The number of aryl methyl sites for hydroxylation is 2. The molecule has 7 nitrogen and oxygen atoms in total. The molecule has 1 aromatic heterocycles. The molecule has 2 aromatic carbocycles. The number of nitro groups is 1. The summed E-state index contributed by atoms with van der Waals surface area (Å²) in [7, 11) is 0. The Morgan fingerprint density at radius 1 is 1.21 bits per heavy atom. The summed E-state index contributed by atoms with van der Waals surface area (Å²) in [4.78, 5) is 27.1. The van der Waals surface area contributed by atoms with Crippen LogP contribution in [-0.2, 0) is 4.79 Å². The topological polar surface area (TPSA) is 90.1 Å². The van der Waals surface area contributed by atoms with E-state index in [1.54, 1.807) is 19.2 Å². The molecule has 1 heterocycles. The SMILES string of the molecule is Cc1cc([N+](=O)[O-])ccc1NC(=O)CSc1nccn1-c1cccc(C)c1C. The molecule has 0 fully saturated rings. The molecule has 0 saturated carbocycles. The third kappa shape index (κ3) is 4.23. The standard InChI is InChI=1S/C20H20N4O3S/c1-13-5-4-6-18(15(13)3)23-10-9-21-20(23)28-12-19(25)22-17-8-7-16(24(26)27)11-14(17)2/h4-11H,12H2,1-3H3,(H,22,25). The van der Waals surface area contributed by atoms with Crippen LogP contribution < -0.4 is 5.32 Å². The number of thioether (sulfide) groups is 1. The van der Waals surface area contributed by atoms with Crippen LogP contribution in [0.2, 0.25) is 0 Å². The van der Waals surface area contributed by atoms with Crippen LogP contribution in [0.1, 0.15) is 16.7 Å². The van der Waals surface area contributed by atoms with E-state index < -0.39 is 4.92 Å². The van der Waals surface area contributed by atoms with E-state index in [0.29, 0.717) is 11.3 Å². The van der Waals surface area contributed by atoms with E-state index in [2.05, 4.69) is 30.2 Å². The summed E-state index contributed by atoms with van der Waals surface area (Å²) in [5, 5.41) is 14.3. The van der Waals surface area contributed by atoms with Gasteiger partial charge >= 0.3 is 0 Å². The molecule has 0 radical (unpaired) electrons. The first-order valence-corrected chi connectivity index (χ1v) is 9.63. The average molecular weight is 396 g/mol. The van der Waals surface area contributed by atoms with Crippen LogP contribution in [0.3, 0.4) is 0 Å². The van der Waals surface area contributed by atoms with Crippen LogP contribution in [0.4, 0.5) is 11.4 Å². The molecule has 144 valence electrons. The van der Waals surface area contributed by atoms with Gasteiger partial charge in [0.05, 0.1) is 16.4 Å². The number of hydrogen-bond donors (Lipinski definition) is 1. The van der Waals surface area contributed by atoms with Gasteiger partial charge in [-0.1, -0.05) is 23.9 Å². The van der Waals surface area contributed by atoms with Gasteiger partial charge in [0.2, 0.25) is 5.91 Å². The third-order valence-corrected chi connectivity index (χ3v) is 5.44. The Hall–Kier alpha value is -3.13. The molecule has 0 bridgehead atoms. The fourth-order valence-electron chi connectivity index (χ4n) is 2.79. The quantitative estimate of drug-likeness (QED) is 0.378. The number of aromatic nitrogens is 2.